The smallest absolute Gasteiger partial charge is 0.206 e. The molecule has 0 aliphatic carbocycles. The highest BCUT2D eigenvalue weighted by Crippen LogP contribution is 2.27. The zero-order valence-electron chi connectivity index (χ0n) is 14.7. The summed E-state index contributed by atoms with van der Waals surface area (Å²) < 4.78 is 39.0. The van der Waals surface area contributed by atoms with Gasteiger partial charge in [0.25, 0.3) is 0 Å². The van der Waals surface area contributed by atoms with Gasteiger partial charge in [-0.3, -0.25) is 0 Å². The minimum absolute atomic E-state index is 0.263. The molecular formula is C22H18FNO2S. The zero-order chi connectivity index (χ0) is 19.0. The van der Waals surface area contributed by atoms with Crippen LogP contribution in [0.1, 0.15) is 16.8 Å². The molecular weight excluding hydrogens is 361 g/mol. The van der Waals surface area contributed by atoms with E-state index in [-0.39, 0.29) is 15.6 Å². The van der Waals surface area contributed by atoms with Crippen molar-refractivity contribution in [3.63, 3.8) is 0 Å². The van der Waals surface area contributed by atoms with Gasteiger partial charge in [-0.2, -0.15) is 0 Å². The molecule has 3 nitrogen and oxygen atoms in total. The second-order valence-corrected chi connectivity index (χ2v) is 8.51. The van der Waals surface area contributed by atoms with E-state index in [4.69, 9.17) is 0 Å². The fourth-order valence-corrected chi connectivity index (χ4v) is 4.59. The standard InChI is InChI=1S/C22H18FNO2S/c1-15-20(21-14-17(23)9-12-22(21)24-15)13-16-7-10-19(11-8-16)27(25,26)18-5-3-2-4-6-18/h2-12,14,24H,13H2,1H3. The second kappa shape index (κ2) is 6.67. The highest BCUT2D eigenvalue weighted by atomic mass is 32.2. The molecule has 0 unspecified atom stereocenters. The Balaban J connectivity index is 1.66. The Hall–Kier alpha value is -2.92. The predicted octanol–water partition coefficient (Wildman–Crippen LogP) is 5.04. The lowest BCUT2D eigenvalue weighted by Gasteiger charge is -2.07. The van der Waals surface area contributed by atoms with Crippen molar-refractivity contribution in [2.24, 2.45) is 0 Å². The van der Waals surface area contributed by atoms with Crippen LogP contribution in [-0.4, -0.2) is 13.4 Å². The maximum absolute atomic E-state index is 13.6. The SMILES string of the molecule is Cc1[nH]c2ccc(F)cc2c1Cc1ccc(S(=O)(=O)c2ccccc2)cc1. The number of fused-ring (bicyclic) bond motifs is 1. The number of nitrogens with one attached hydrogen (secondary N) is 1. The molecule has 0 aliphatic rings. The summed E-state index contributed by atoms with van der Waals surface area (Å²) in [5, 5.41) is 0.855. The number of aromatic nitrogens is 1. The first-order valence-electron chi connectivity index (χ1n) is 8.61. The number of H-pyrrole nitrogens is 1. The third-order valence-electron chi connectivity index (χ3n) is 4.75. The second-order valence-electron chi connectivity index (χ2n) is 6.56. The Kier molecular flexibility index (Phi) is 4.32. The summed E-state index contributed by atoms with van der Waals surface area (Å²) in [6.45, 7) is 1.96. The maximum atomic E-state index is 13.6. The highest BCUT2D eigenvalue weighted by Gasteiger charge is 2.17. The minimum atomic E-state index is -3.52. The minimum Gasteiger partial charge on any atom is -0.358 e. The number of aryl methyl sites for hydroxylation is 1. The van der Waals surface area contributed by atoms with Crippen molar-refractivity contribution in [3.05, 3.63) is 95.4 Å². The molecule has 0 saturated heterocycles. The third kappa shape index (κ3) is 3.26. The van der Waals surface area contributed by atoms with E-state index in [1.54, 1.807) is 48.5 Å². The van der Waals surface area contributed by atoms with Crippen molar-refractivity contribution < 1.29 is 12.8 Å². The van der Waals surface area contributed by atoms with Crippen LogP contribution in [0.15, 0.2) is 82.6 Å². The van der Waals surface area contributed by atoms with Crippen molar-refractivity contribution in [2.45, 2.75) is 23.1 Å². The van der Waals surface area contributed by atoms with Crippen molar-refractivity contribution in [3.8, 4) is 0 Å². The fraction of sp³-hybridized carbons (Fsp3) is 0.0909. The van der Waals surface area contributed by atoms with Gasteiger partial charge in [-0.25, -0.2) is 12.8 Å². The van der Waals surface area contributed by atoms with Gasteiger partial charge in [0.1, 0.15) is 5.82 Å². The first-order chi connectivity index (χ1) is 12.9. The molecule has 136 valence electrons. The molecule has 4 rings (SSSR count). The summed E-state index contributed by atoms with van der Waals surface area (Å²) in [7, 11) is -3.52. The molecule has 0 atom stereocenters. The molecule has 1 aromatic heterocycles. The van der Waals surface area contributed by atoms with Crippen LogP contribution in [0.2, 0.25) is 0 Å². The van der Waals surface area contributed by atoms with Crippen molar-refractivity contribution in [1.29, 1.82) is 0 Å². The van der Waals surface area contributed by atoms with Crippen LogP contribution in [0.25, 0.3) is 10.9 Å². The van der Waals surface area contributed by atoms with Crippen LogP contribution in [0.5, 0.6) is 0 Å². The summed E-state index contributed by atoms with van der Waals surface area (Å²) in [5.74, 6) is -0.271. The molecule has 1 N–H and O–H groups in total. The van der Waals surface area contributed by atoms with Gasteiger partial charge in [0.05, 0.1) is 9.79 Å². The van der Waals surface area contributed by atoms with E-state index in [9.17, 15) is 12.8 Å². The van der Waals surface area contributed by atoms with Crippen LogP contribution < -0.4 is 0 Å². The van der Waals surface area contributed by atoms with Crippen LogP contribution in [0.4, 0.5) is 4.39 Å². The predicted molar refractivity (Wildman–Crippen MR) is 104 cm³/mol. The molecule has 4 aromatic rings. The molecule has 0 fully saturated rings. The van der Waals surface area contributed by atoms with E-state index in [1.165, 1.54) is 12.1 Å². The quantitative estimate of drug-likeness (QED) is 0.540. The summed E-state index contributed by atoms with van der Waals surface area (Å²) in [5.41, 5.74) is 3.86. The number of aromatic amines is 1. The molecule has 0 amide bonds. The van der Waals surface area contributed by atoms with E-state index in [0.717, 1.165) is 27.7 Å². The Morgan fingerprint density at radius 2 is 1.56 bits per heavy atom. The average molecular weight is 379 g/mol. The Labute approximate surface area is 157 Å². The third-order valence-corrected chi connectivity index (χ3v) is 6.54. The molecule has 0 radical (unpaired) electrons. The lowest BCUT2D eigenvalue weighted by atomic mass is 10.0. The lowest BCUT2D eigenvalue weighted by molar-refractivity contribution is 0.596. The lowest BCUT2D eigenvalue weighted by Crippen LogP contribution is -2.02. The topological polar surface area (TPSA) is 49.9 Å². The van der Waals surface area contributed by atoms with Gasteiger partial charge in [0.15, 0.2) is 0 Å². The van der Waals surface area contributed by atoms with Gasteiger partial charge in [0.2, 0.25) is 9.84 Å². The average Bonchev–Trinajstić information content (AvgIpc) is 2.98. The van der Waals surface area contributed by atoms with Crippen LogP contribution in [-0.2, 0) is 16.3 Å². The van der Waals surface area contributed by atoms with E-state index >= 15 is 0 Å². The first-order valence-corrected chi connectivity index (χ1v) is 10.1. The van der Waals surface area contributed by atoms with Crippen LogP contribution in [0, 0.1) is 12.7 Å². The zero-order valence-corrected chi connectivity index (χ0v) is 15.6. The molecule has 0 saturated carbocycles. The Bertz CT molecular complexity index is 1210. The number of sulfone groups is 1. The molecule has 27 heavy (non-hydrogen) atoms. The molecule has 5 heteroatoms. The van der Waals surface area contributed by atoms with Crippen molar-refractivity contribution in [1.82, 2.24) is 4.98 Å². The molecule has 3 aromatic carbocycles. The first kappa shape index (κ1) is 17.5. The largest absolute Gasteiger partial charge is 0.358 e. The van der Waals surface area contributed by atoms with Gasteiger partial charge in [-0.05, 0) is 66.9 Å². The van der Waals surface area contributed by atoms with Crippen molar-refractivity contribution in [2.75, 3.05) is 0 Å². The number of hydrogen-bond acceptors (Lipinski definition) is 2. The van der Waals surface area contributed by atoms with Gasteiger partial charge in [-0.1, -0.05) is 30.3 Å². The molecule has 0 spiro atoms. The van der Waals surface area contributed by atoms with E-state index in [1.807, 2.05) is 19.1 Å². The Morgan fingerprint density at radius 3 is 2.26 bits per heavy atom. The van der Waals surface area contributed by atoms with Gasteiger partial charge < -0.3 is 4.98 Å². The summed E-state index contributed by atoms with van der Waals surface area (Å²) >= 11 is 0. The van der Waals surface area contributed by atoms with Crippen LogP contribution in [0.3, 0.4) is 0 Å². The molecule has 0 aliphatic heterocycles. The number of hydrogen-bond donors (Lipinski definition) is 1. The van der Waals surface area contributed by atoms with Gasteiger partial charge >= 0.3 is 0 Å². The Morgan fingerprint density at radius 1 is 0.889 bits per heavy atom. The number of benzene rings is 3. The highest BCUT2D eigenvalue weighted by molar-refractivity contribution is 7.91. The van der Waals surface area contributed by atoms with Crippen LogP contribution >= 0.6 is 0 Å². The van der Waals surface area contributed by atoms with E-state index < -0.39 is 9.84 Å². The van der Waals surface area contributed by atoms with Gasteiger partial charge in [-0.15, -0.1) is 0 Å². The monoisotopic (exact) mass is 379 g/mol. The summed E-state index contributed by atoms with van der Waals surface area (Å²) in [4.78, 5) is 3.81. The van der Waals surface area contributed by atoms with E-state index in [0.29, 0.717) is 6.42 Å². The molecule has 0 bridgehead atoms. The van der Waals surface area contributed by atoms with Crippen molar-refractivity contribution >= 4 is 20.7 Å². The number of rotatable bonds is 4. The number of halogens is 1. The normalized spacial score (nSPS) is 11.8. The fourth-order valence-electron chi connectivity index (χ4n) is 3.31. The summed E-state index contributed by atoms with van der Waals surface area (Å²) in [6, 6.07) is 20.0. The maximum Gasteiger partial charge on any atom is 0.206 e. The van der Waals surface area contributed by atoms with E-state index in [2.05, 4.69) is 4.98 Å². The molecule has 1 heterocycles. The van der Waals surface area contributed by atoms with Gasteiger partial charge in [0, 0.05) is 16.6 Å². The summed E-state index contributed by atoms with van der Waals surface area (Å²) in [6.07, 6.45) is 0.598.